The highest BCUT2D eigenvalue weighted by Gasteiger charge is 2.24. The Morgan fingerprint density at radius 2 is 1.69 bits per heavy atom. The summed E-state index contributed by atoms with van der Waals surface area (Å²) in [6.07, 6.45) is 0.626. The van der Waals surface area contributed by atoms with E-state index in [-0.39, 0.29) is 28.5 Å². The predicted molar refractivity (Wildman–Crippen MR) is 143 cm³/mol. The first-order valence-electron chi connectivity index (χ1n) is 10.6. The summed E-state index contributed by atoms with van der Waals surface area (Å²) in [5.41, 5.74) is 0.752. The smallest absolute Gasteiger partial charge is 0.253 e. The number of rotatable bonds is 9. The van der Waals surface area contributed by atoms with Crippen molar-refractivity contribution in [3.8, 4) is 0 Å². The maximum Gasteiger partial charge on any atom is 0.253 e. The van der Waals surface area contributed by atoms with Gasteiger partial charge in [0.25, 0.3) is 5.91 Å². The zero-order chi connectivity index (χ0) is 25.7. The molecule has 0 fully saturated rings. The molecular weight excluding hydrogens is 552 g/mol. The van der Waals surface area contributed by atoms with E-state index in [1.165, 1.54) is 17.8 Å². The molecule has 2 N–H and O–H groups in total. The maximum atomic E-state index is 12.9. The highest BCUT2D eigenvalue weighted by molar-refractivity contribution is 7.99. The van der Waals surface area contributed by atoms with Crippen LogP contribution in [0.25, 0.3) is 0 Å². The summed E-state index contributed by atoms with van der Waals surface area (Å²) in [7, 11) is 1.79. The number of amides is 2. The van der Waals surface area contributed by atoms with Crippen molar-refractivity contribution in [2.45, 2.75) is 31.5 Å². The van der Waals surface area contributed by atoms with Crippen molar-refractivity contribution in [2.24, 2.45) is 13.0 Å². The number of thioether (sulfide) groups is 1. The number of halogens is 4. The first kappa shape index (κ1) is 27.6. The van der Waals surface area contributed by atoms with Gasteiger partial charge in [0.2, 0.25) is 5.91 Å². The van der Waals surface area contributed by atoms with Crippen LogP contribution in [0.4, 0.5) is 5.69 Å². The van der Waals surface area contributed by atoms with Gasteiger partial charge in [-0.2, -0.15) is 0 Å². The summed E-state index contributed by atoms with van der Waals surface area (Å²) in [6, 6.07) is 9.13. The van der Waals surface area contributed by atoms with E-state index in [2.05, 4.69) is 20.8 Å². The molecule has 12 heteroatoms. The van der Waals surface area contributed by atoms with Gasteiger partial charge in [-0.15, -0.1) is 10.2 Å². The largest absolute Gasteiger partial charge is 0.342 e. The van der Waals surface area contributed by atoms with Crippen molar-refractivity contribution < 1.29 is 9.59 Å². The Morgan fingerprint density at radius 3 is 2.37 bits per heavy atom. The standard InChI is InChI=1S/C23H23Cl4N5O2S/c1-12(2)8-19(29-22(34)15-6-4-13(24)9-17(15)27)21-30-31-23(32(21)3)35-11-20(33)28-18-10-14(25)5-7-16(18)26/h4-7,9-10,12,19H,8,11H2,1-3H3,(H,28,33)(H,29,34)/t19-/m0/s1. The fourth-order valence-corrected chi connectivity index (χ4v) is 4.82. The molecule has 0 unspecified atom stereocenters. The van der Waals surface area contributed by atoms with Crippen LogP contribution in [0.3, 0.4) is 0 Å². The molecule has 1 heterocycles. The lowest BCUT2D eigenvalue weighted by Crippen LogP contribution is -2.31. The molecule has 3 aromatic rings. The predicted octanol–water partition coefficient (Wildman–Crippen LogP) is 6.68. The molecule has 0 radical (unpaired) electrons. The zero-order valence-electron chi connectivity index (χ0n) is 19.1. The van der Waals surface area contributed by atoms with Crippen LogP contribution in [0.2, 0.25) is 20.1 Å². The van der Waals surface area contributed by atoms with E-state index in [9.17, 15) is 9.59 Å². The van der Waals surface area contributed by atoms with Crippen LogP contribution < -0.4 is 10.6 Å². The Kier molecular flexibility index (Phi) is 9.72. The molecule has 0 saturated heterocycles. The number of hydrogen-bond acceptors (Lipinski definition) is 5. The molecule has 7 nitrogen and oxygen atoms in total. The second kappa shape index (κ2) is 12.3. The molecule has 0 saturated carbocycles. The third kappa shape index (κ3) is 7.51. The first-order valence-corrected chi connectivity index (χ1v) is 13.1. The molecule has 0 bridgehead atoms. The lowest BCUT2D eigenvalue weighted by atomic mass is 10.0. The molecule has 1 aromatic heterocycles. The van der Waals surface area contributed by atoms with Gasteiger partial charge in [0.15, 0.2) is 11.0 Å². The molecule has 186 valence electrons. The van der Waals surface area contributed by atoms with Crippen molar-refractivity contribution in [1.82, 2.24) is 20.1 Å². The summed E-state index contributed by atoms with van der Waals surface area (Å²) in [5.74, 6) is 0.302. The average Bonchev–Trinajstić information content (AvgIpc) is 3.14. The van der Waals surface area contributed by atoms with Crippen LogP contribution in [-0.2, 0) is 11.8 Å². The van der Waals surface area contributed by atoms with E-state index < -0.39 is 6.04 Å². The van der Waals surface area contributed by atoms with E-state index in [0.29, 0.717) is 43.7 Å². The molecule has 2 amide bonds. The van der Waals surface area contributed by atoms with Gasteiger partial charge in [0.1, 0.15) is 0 Å². The van der Waals surface area contributed by atoms with Gasteiger partial charge in [-0.05, 0) is 48.7 Å². The van der Waals surface area contributed by atoms with Gasteiger partial charge in [-0.1, -0.05) is 72.0 Å². The second-order valence-corrected chi connectivity index (χ2v) is 10.8. The molecule has 2 aromatic carbocycles. The summed E-state index contributed by atoms with van der Waals surface area (Å²) < 4.78 is 1.76. The van der Waals surface area contributed by atoms with Crippen molar-refractivity contribution in [2.75, 3.05) is 11.1 Å². The number of carbonyl (C=O) groups is 2. The SMILES string of the molecule is CC(C)C[C@H](NC(=O)c1ccc(Cl)cc1Cl)c1nnc(SCC(=O)Nc2cc(Cl)ccc2Cl)n1C. The van der Waals surface area contributed by atoms with Crippen LogP contribution in [0.1, 0.15) is 42.5 Å². The highest BCUT2D eigenvalue weighted by atomic mass is 35.5. The van der Waals surface area contributed by atoms with E-state index >= 15 is 0 Å². The molecular formula is C23H23Cl4N5O2S. The Hall–Kier alpha value is -1.97. The Balaban J connectivity index is 1.71. The normalized spacial score (nSPS) is 12.0. The number of hydrogen-bond donors (Lipinski definition) is 2. The van der Waals surface area contributed by atoms with Crippen LogP contribution in [-0.4, -0.2) is 32.3 Å². The Morgan fingerprint density at radius 1 is 1.00 bits per heavy atom. The molecule has 0 aliphatic rings. The average molecular weight is 575 g/mol. The topological polar surface area (TPSA) is 88.9 Å². The summed E-state index contributed by atoms with van der Waals surface area (Å²) in [5, 5.41) is 16.3. The number of aromatic nitrogens is 3. The number of benzene rings is 2. The number of anilines is 1. The number of carbonyl (C=O) groups excluding carboxylic acids is 2. The van der Waals surface area contributed by atoms with Crippen LogP contribution in [0.5, 0.6) is 0 Å². The van der Waals surface area contributed by atoms with Crippen LogP contribution in [0, 0.1) is 5.92 Å². The minimum absolute atomic E-state index is 0.0798. The van der Waals surface area contributed by atoms with E-state index in [1.54, 1.807) is 41.9 Å². The summed E-state index contributed by atoms with van der Waals surface area (Å²) in [6.45, 7) is 4.09. The maximum absolute atomic E-state index is 12.9. The molecule has 35 heavy (non-hydrogen) atoms. The minimum atomic E-state index is -0.416. The van der Waals surface area contributed by atoms with Crippen LogP contribution >= 0.6 is 58.2 Å². The molecule has 1 atom stereocenters. The quantitative estimate of drug-likeness (QED) is 0.278. The van der Waals surface area contributed by atoms with Gasteiger partial charge >= 0.3 is 0 Å². The molecule has 0 spiro atoms. The number of nitrogens with zero attached hydrogens (tertiary/aromatic N) is 3. The second-order valence-electron chi connectivity index (χ2n) is 8.14. The van der Waals surface area contributed by atoms with Gasteiger partial charge in [-0.25, -0.2) is 0 Å². The van der Waals surface area contributed by atoms with Gasteiger partial charge in [0.05, 0.1) is 33.1 Å². The lowest BCUT2D eigenvalue weighted by Gasteiger charge is -2.20. The molecule has 0 aliphatic heterocycles. The van der Waals surface area contributed by atoms with Crippen molar-refractivity contribution in [3.63, 3.8) is 0 Å². The van der Waals surface area contributed by atoms with Gasteiger partial charge in [-0.3, -0.25) is 9.59 Å². The fourth-order valence-electron chi connectivity index (χ4n) is 3.27. The van der Waals surface area contributed by atoms with Crippen molar-refractivity contribution in [1.29, 1.82) is 0 Å². The van der Waals surface area contributed by atoms with Gasteiger partial charge in [0, 0.05) is 17.1 Å². The highest BCUT2D eigenvalue weighted by Crippen LogP contribution is 2.28. The van der Waals surface area contributed by atoms with E-state index in [1.807, 2.05) is 13.8 Å². The van der Waals surface area contributed by atoms with Crippen molar-refractivity contribution in [3.05, 3.63) is 67.9 Å². The Bertz CT molecular complexity index is 1230. The number of nitrogens with one attached hydrogen (secondary N) is 2. The fraction of sp³-hybridized carbons (Fsp3) is 0.304. The van der Waals surface area contributed by atoms with Crippen LogP contribution in [0.15, 0.2) is 41.6 Å². The minimum Gasteiger partial charge on any atom is -0.342 e. The van der Waals surface area contributed by atoms with Gasteiger partial charge < -0.3 is 15.2 Å². The van der Waals surface area contributed by atoms with Crippen molar-refractivity contribution >= 4 is 75.7 Å². The summed E-state index contributed by atoms with van der Waals surface area (Å²) >= 11 is 25.4. The Labute approximate surface area is 227 Å². The first-order chi connectivity index (χ1) is 16.5. The monoisotopic (exact) mass is 573 g/mol. The van der Waals surface area contributed by atoms with E-state index in [0.717, 1.165) is 0 Å². The van der Waals surface area contributed by atoms with E-state index in [4.69, 9.17) is 46.4 Å². The molecule has 3 rings (SSSR count). The molecule has 0 aliphatic carbocycles. The third-order valence-corrected chi connectivity index (χ3v) is 7.04. The lowest BCUT2D eigenvalue weighted by molar-refractivity contribution is -0.113. The summed E-state index contributed by atoms with van der Waals surface area (Å²) in [4.78, 5) is 25.4. The zero-order valence-corrected chi connectivity index (χ0v) is 23.0. The third-order valence-electron chi connectivity index (χ3n) is 4.90.